The van der Waals surface area contributed by atoms with E-state index in [1.807, 2.05) is 0 Å². The molecule has 1 amide bonds. The summed E-state index contributed by atoms with van der Waals surface area (Å²) in [6, 6.07) is 0. The number of hydrogen-bond donors (Lipinski definition) is 1. The van der Waals surface area contributed by atoms with Crippen molar-refractivity contribution in [1.29, 1.82) is 0 Å². The Balaban J connectivity index is 3.16. The molecule has 0 aromatic heterocycles. The normalized spacial score (nSPS) is 12.8. The molecule has 0 saturated heterocycles. The molecule has 0 aromatic carbocycles. The number of methoxy groups -OCH3 is 1. The topological polar surface area (TPSA) is 38.3 Å². The highest BCUT2D eigenvalue weighted by molar-refractivity contribution is 5.72. The summed E-state index contributed by atoms with van der Waals surface area (Å²) in [5.41, 5.74) is 0. The van der Waals surface area contributed by atoms with Gasteiger partial charge >= 0.3 is 0 Å². The van der Waals surface area contributed by atoms with Crippen LogP contribution < -0.4 is 5.32 Å². The first-order chi connectivity index (χ1) is 4.16. The summed E-state index contributed by atoms with van der Waals surface area (Å²) in [4.78, 5) is 10.3. The first kappa shape index (κ1) is 8.43. The fourth-order valence-electron chi connectivity index (χ4n) is 0.341. The molecule has 0 aliphatic heterocycles. The third kappa shape index (κ3) is 5.30. The van der Waals surface area contributed by atoms with Gasteiger partial charge in [0.25, 0.3) is 0 Å². The Kier molecular flexibility index (Phi) is 4.05. The van der Waals surface area contributed by atoms with E-state index in [1.54, 1.807) is 7.11 Å². The molecule has 0 saturated carbocycles. The zero-order valence-corrected chi connectivity index (χ0v) is 5.81. The Morgan fingerprint density at radius 1 is 1.89 bits per heavy atom. The first-order valence-corrected chi connectivity index (χ1v) is 2.77. The molecule has 3 nitrogen and oxygen atoms in total. The van der Waals surface area contributed by atoms with Crippen molar-refractivity contribution < 1.29 is 9.53 Å². The van der Waals surface area contributed by atoms with E-state index >= 15 is 0 Å². The second kappa shape index (κ2) is 4.32. The van der Waals surface area contributed by atoms with Crippen LogP contribution in [0.1, 0.15) is 6.92 Å². The van der Waals surface area contributed by atoms with E-state index in [1.165, 1.54) is 6.92 Å². The van der Waals surface area contributed by atoms with Gasteiger partial charge in [-0.3, -0.25) is 4.79 Å². The number of nitrogens with one attached hydrogen (secondary N) is 1. The molecule has 9 heavy (non-hydrogen) atoms. The zero-order valence-electron chi connectivity index (χ0n) is 5.81. The third-order valence-electron chi connectivity index (χ3n) is 0.912. The minimum absolute atomic E-state index is 0.0549. The van der Waals surface area contributed by atoms with E-state index in [-0.39, 0.29) is 12.0 Å². The van der Waals surface area contributed by atoms with Gasteiger partial charge < -0.3 is 10.1 Å². The van der Waals surface area contributed by atoms with Crippen molar-refractivity contribution in [2.45, 2.75) is 13.0 Å². The molecule has 0 rings (SSSR count). The van der Waals surface area contributed by atoms with Gasteiger partial charge in [0.2, 0.25) is 5.91 Å². The van der Waals surface area contributed by atoms with E-state index in [0.717, 1.165) is 0 Å². The maximum atomic E-state index is 10.3. The number of hydrogen-bond acceptors (Lipinski definition) is 2. The van der Waals surface area contributed by atoms with Gasteiger partial charge in [-0.1, -0.05) is 0 Å². The Hall–Kier alpha value is -0.570. The van der Waals surface area contributed by atoms with Crippen molar-refractivity contribution in [3.05, 3.63) is 6.92 Å². The van der Waals surface area contributed by atoms with Gasteiger partial charge in [-0.25, -0.2) is 0 Å². The summed E-state index contributed by atoms with van der Waals surface area (Å²) < 4.78 is 4.77. The molecule has 0 aliphatic carbocycles. The fraction of sp³-hybridized carbons (Fsp3) is 0.667. The van der Waals surface area contributed by atoms with Crippen molar-refractivity contribution >= 4 is 5.91 Å². The van der Waals surface area contributed by atoms with E-state index in [9.17, 15) is 4.79 Å². The van der Waals surface area contributed by atoms with Gasteiger partial charge in [-0.05, 0) is 6.92 Å². The Morgan fingerprint density at radius 2 is 2.44 bits per heavy atom. The largest absolute Gasteiger partial charge is 0.380 e. The van der Waals surface area contributed by atoms with Gasteiger partial charge in [0.1, 0.15) is 0 Å². The Bertz CT molecular complexity index is 93.1. The molecule has 1 unspecified atom stereocenters. The molecule has 0 heterocycles. The lowest BCUT2D eigenvalue weighted by Crippen LogP contribution is -2.29. The maximum Gasteiger partial charge on any atom is 0.216 e. The highest BCUT2D eigenvalue weighted by Gasteiger charge is 1.97. The van der Waals surface area contributed by atoms with E-state index in [0.29, 0.717) is 6.54 Å². The van der Waals surface area contributed by atoms with E-state index in [4.69, 9.17) is 4.74 Å². The van der Waals surface area contributed by atoms with Gasteiger partial charge in [0.15, 0.2) is 0 Å². The third-order valence-corrected chi connectivity index (χ3v) is 0.912. The minimum Gasteiger partial charge on any atom is -0.380 e. The van der Waals surface area contributed by atoms with Crippen LogP contribution in [-0.2, 0) is 9.53 Å². The summed E-state index contributed by atoms with van der Waals surface area (Å²) in [5, 5.41) is 2.57. The molecule has 53 valence electrons. The van der Waals surface area contributed by atoms with Crippen molar-refractivity contribution in [3.63, 3.8) is 0 Å². The first-order valence-electron chi connectivity index (χ1n) is 2.77. The number of carbonyl (C=O) groups is 1. The summed E-state index contributed by atoms with van der Waals surface area (Å²) >= 11 is 0. The number of carbonyl (C=O) groups excluding carboxylic acids is 1. The molecule has 0 spiro atoms. The number of amides is 1. The molecular weight excluding hydrogens is 118 g/mol. The second-order valence-corrected chi connectivity index (χ2v) is 1.79. The van der Waals surface area contributed by atoms with Crippen molar-refractivity contribution in [3.8, 4) is 0 Å². The predicted molar refractivity (Wildman–Crippen MR) is 34.8 cm³/mol. The summed E-state index contributed by atoms with van der Waals surface area (Å²) in [6.07, 6.45) is -0.145. The van der Waals surface area contributed by atoms with Crippen molar-refractivity contribution in [2.75, 3.05) is 13.7 Å². The lowest BCUT2D eigenvalue weighted by molar-refractivity contribution is -0.119. The highest BCUT2D eigenvalue weighted by atomic mass is 16.5. The van der Waals surface area contributed by atoms with Crippen LogP contribution in [-0.4, -0.2) is 25.7 Å². The van der Waals surface area contributed by atoms with Crippen LogP contribution in [0.3, 0.4) is 0 Å². The molecule has 0 aliphatic rings. The van der Waals surface area contributed by atoms with Gasteiger partial charge in [-0.15, -0.1) is 0 Å². The lowest BCUT2D eigenvalue weighted by Gasteiger charge is -2.07. The highest BCUT2D eigenvalue weighted by Crippen LogP contribution is 1.81. The molecule has 0 aromatic rings. The van der Waals surface area contributed by atoms with Crippen LogP contribution in [0.15, 0.2) is 0 Å². The van der Waals surface area contributed by atoms with Gasteiger partial charge in [0.05, 0.1) is 6.10 Å². The average Bonchev–Trinajstić information content (AvgIpc) is 1.83. The van der Waals surface area contributed by atoms with Crippen LogP contribution in [0.25, 0.3) is 0 Å². The summed E-state index contributed by atoms with van der Waals surface area (Å²) in [7, 11) is 1.56. The van der Waals surface area contributed by atoms with E-state index < -0.39 is 0 Å². The average molecular weight is 130 g/mol. The molecule has 1 radical (unpaired) electrons. The molecule has 1 N–H and O–H groups in total. The predicted octanol–water partition coefficient (Wildman–Crippen LogP) is -0.0284. The number of ether oxygens (including phenoxy) is 1. The maximum absolute atomic E-state index is 10.3. The number of rotatable bonds is 3. The van der Waals surface area contributed by atoms with Crippen LogP contribution in [0.4, 0.5) is 0 Å². The van der Waals surface area contributed by atoms with Crippen molar-refractivity contribution in [1.82, 2.24) is 5.32 Å². The standard InChI is InChI=1S/C6H12NO2/c1-5(9-3)4-7-6(2)8/h5H,1,4H2,2-3H3,(H,7,8). The van der Waals surface area contributed by atoms with Gasteiger partial charge in [-0.2, -0.15) is 0 Å². The molecule has 1 atom stereocenters. The Labute approximate surface area is 55.4 Å². The zero-order chi connectivity index (χ0) is 7.28. The van der Waals surface area contributed by atoms with Crippen LogP contribution in [0.5, 0.6) is 0 Å². The molecule has 3 heteroatoms. The van der Waals surface area contributed by atoms with Crippen molar-refractivity contribution in [2.24, 2.45) is 0 Å². The summed E-state index contributed by atoms with van der Waals surface area (Å²) in [5.74, 6) is -0.0549. The smallest absolute Gasteiger partial charge is 0.216 e. The van der Waals surface area contributed by atoms with Crippen LogP contribution in [0.2, 0.25) is 0 Å². The van der Waals surface area contributed by atoms with Gasteiger partial charge in [0, 0.05) is 20.6 Å². The molecular formula is C6H12NO2. The monoisotopic (exact) mass is 130 g/mol. The van der Waals surface area contributed by atoms with E-state index in [2.05, 4.69) is 12.2 Å². The minimum atomic E-state index is -0.145. The quantitative estimate of drug-likeness (QED) is 0.582. The molecule has 0 fully saturated rings. The Morgan fingerprint density at radius 3 is 2.78 bits per heavy atom. The fourth-order valence-corrected chi connectivity index (χ4v) is 0.341. The van der Waals surface area contributed by atoms with Crippen LogP contribution in [0, 0.1) is 6.92 Å². The molecule has 0 bridgehead atoms. The lowest BCUT2D eigenvalue weighted by atomic mass is 10.4. The summed E-state index contributed by atoms with van der Waals surface area (Å²) in [6.45, 7) is 5.53. The van der Waals surface area contributed by atoms with Crippen LogP contribution >= 0.6 is 0 Å². The second-order valence-electron chi connectivity index (χ2n) is 1.79. The SMILES string of the molecule is [CH2]C(CNC(C)=O)OC.